The quantitative estimate of drug-likeness (QED) is 0.166. The van der Waals surface area contributed by atoms with Crippen molar-refractivity contribution < 1.29 is 29.8 Å². The fourth-order valence-electron chi connectivity index (χ4n) is 7.75. The van der Waals surface area contributed by atoms with Crippen LogP contribution in [0.15, 0.2) is 140 Å². The van der Waals surface area contributed by atoms with Crippen molar-refractivity contribution in [2.75, 3.05) is 0 Å². The summed E-state index contributed by atoms with van der Waals surface area (Å²) < 4.78 is 157. The molecule has 0 spiro atoms. The van der Waals surface area contributed by atoms with Crippen LogP contribution in [0.5, 0.6) is 5.75 Å². The maximum atomic E-state index is 11.5. The van der Waals surface area contributed by atoms with Gasteiger partial charge in [0.25, 0.3) is 0 Å². The highest BCUT2D eigenvalue weighted by molar-refractivity contribution is 5.97. The zero-order valence-corrected chi connectivity index (χ0v) is 35.3. The summed E-state index contributed by atoms with van der Waals surface area (Å²) in [6.07, 6.45) is 1.38. The second kappa shape index (κ2) is 16.0. The predicted octanol–water partition coefficient (Wildman–Crippen LogP) is 15.6. The standard InChI is InChI=1S/C57H59N3O/c1-35(2)45-17-14-18-46(36(3)4)53(45)40-24-27-50(37(5)30-40)60-51-20-15-19-47(54(51)59-55(60)48-16-12-13-21-52(48)61)41-31-42(33-44(32-41)57(9,10)11)49-34-39(28-29-58-49)38-22-25-43(26-23-38)56(6,7)8/h12-36,61H,1-11H3/i5D3,6D3,7D3,8D3,22D,23D,25D,26D,35D,36D. The van der Waals surface area contributed by atoms with Crippen molar-refractivity contribution in [2.45, 2.75) is 98.5 Å². The lowest BCUT2D eigenvalue weighted by Gasteiger charge is -2.22. The molecular weight excluding hydrogens is 743 g/mol. The van der Waals surface area contributed by atoms with Gasteiger partial charge in [-0.05, 0) is 140 Å². The molecule has 0 atom stereocenters. The van der Waals surface area contributed by atoms with Crippen LogP contribution in [0.4, 0.5) is 0 Å². The number of hydrogen-bond donors (Lipinski definition) is 1. The summed E-state index contributed by atoms with van der Waals surface area (Å²) in [6.45, 7) is -1.25. The zero-order valence-electron chi connectivity index (χ0n) is 53.3. The molecule has 0 unspecified atom stereocenters. The van der Waals surface area contributed by atoms with Crippen molar-refractivity contribution in [3.63, 3.8) is 0 Å². The number of hydrogen-bond acceptors (Lipinski definition) is 3. The first-order valence-corrected chi connectivity index (χ1v) is 20.1. The first-order valence-electron chi connectivity index (χ1n) is 29.1. The molecule has 0 amide bonds. The van der Waals surface area contributed by atoms with Crippen LogP contribution in [0.1, 0.15) is 133 Å². The highest BCUT2D eigenvalue weighted by Gasteiger charge is 2.24. The van der Waals surface area contributed by atoms with Gasteiger partial charge in [0.1, 0.15) is 11.6 Å². The van der Waals surface area contributed by atoms with Crippen molar-refractivity contribution in [3.8, 4) is 67.5 Å². The lowest BCUT2D eigenvalue weighted by atomic mass is 9.83. The van der Waals surface area contributed by atoms with Crippen molar-refractivity contribution in [1.82, 2.24) is 14.5 Å². The fraction of sp³-hybridized carbons (Fsp3) is 0.263. The predicted molar refractivity (Wildman–Crippen MR) is 258 cm³/mol. The number of aromatic hydroxyl groups is 1. The minimum atomic E-state index is -3.84. The Labute approximate surface area is 388 Å². The lowest BCUT2D eigenvalue weighted by Crippen LogP contribution is -2.11. The lowest BCUT2D eigenvalue weighted by molar-refractivity contribution is 0.477. The van der Waals surface area contributed by atoms with Crippen LogP contribution in [-0.4, -0.2) is 19.6 Å². The van der Waals surface area contributed by atoms with Gasteiger partial charge in [-0.1, -0.05) is 148 Å². The Balaban J connectivity index is 1.37. The molecule has 0 aliphatic rings. The van der Waals surface area contributed by atoms with Crippen LogP contribution >= 0.6 is 0 Å². The number of aryl methyl sites for hydroxylation is 1. The second-order valence-corrected chi connectivity index (χ2v) is 16.9. The number of nitrogens with zero attached hydrogens (tertiary/aromatic N) is 3. The number of aromatic nitrogens is 3. The number of pyridine rings is 1. The van der Waals surface area contributed by atoms with Crippen LogP contribution in [0.2, 0.25) is 0 Å². The summed E-state index contributed by atoms with van der Waals surface area (Å²) in [5.41, 5.74) is 0.723. The van der Waals surface area contributed by atoms with Crippen molar-refractivity contribution in [3.05, 3.63) is 167 Å². The van der Waals surface area contributed by atoms with Crippen molar-refractivity contribution in [1.29, 1.82) is 0 Å². The van der Waals surface area contributed by atoms with Crippen LogP contribution in [0.25, 0.3) is 72.7 Å². The van der Waals surface area contributed by atoms with E-state index in [1.807, 2.05) is 63.2 Å². The van der Waals surface area contributed by atoms with E-state index in [0.717, 1.165) is 5.56 Å². The monoisotopic (exact) mass is 820 g/mol. The Morgan fingerprint density at radius 3 is 2.00 bits per heavy atom. The molecule has 2 heterocycles. The van der Waals surface area contributed by atoms with E-state index in [1.54, 1.807) is 80.8 Å². The van der Waals surface area contributed by atoms with Gasteiger partial charge in [-0.2, -0.15) is 0 Å². The van der Waals surface area contributed by atoms with E-state index in [0.29, 0.717) is 55.5 Å². The molecule has 0 bridgehead atoms. The molecule has 8 rings (SSSR count). The van der Waals surface area contributed by atoms with E-state index >= 15 is 0 Å². The molecule has 8 aromatic rings. The molecule has 0 fully saturated rings. The molecule has 0 aliphatic heterocycles. The van der Waals surface area contributed by atoms with Gasteiger partial charge in [-0.15, -0.1) is 0 Å². The Morgan fingerprint density at radius 2 is 1.33 bits per heavy atom. The molecule has 0 radical (unpaired) electrons. The van der Waals surface area contributed by atoms with E-state index in [1.165, 1.54) is 24.4 Å². The number of rotatable bonds is 8. The summed E-state index contributed by atoms with van der Waals surface area (Å²) in [5, 5.41) is 11.5. The van der Waals surface area contributed by atoms with E-state index in [2.05, 4.69) is 4.98 Å². The third-order valence-electron chi connectivity index (χ3n) is 11.0. The SMILES string of the molecule is [2H]c1c([2H])c(C(C([2H])([2H])[2H])(C([2H])([2H])[2H])C([2H])([2H])[2H])c([2H])c([2H])c1-c1ccnc(-c2cc(-c3cccc4c3nc(-c3ccccc3O)n4-c3ccc(-c4c(C([2H])(C)C)cccc4C([2H])(C)C)cc3C([2H])([2H])[2H])cc(C(C)(C)C)c2)c1. The topological polar surface area (TPSA) is 50.9 Å². The normalized spacial score (nSPS) is 17.7. The average molecular weight is 820 g/mol. The molecule has 61 heavy (non-hydrogen) atoms. The van der Waals surface area contributed by atoms with Crippen LogP contribution in [0.3, 0.4) is 0 Å². The molecule has 0 aliphatic carbocycles. The van der Waals surface area contributed by atoms with E-state index in [9.17, 15) is 5.11 Å². The zero-order chi connectivity index (χ0) is 58.7. The summed E-state index contributed by atoms with van der Waals surface area (Å²) >= 11 is 0. The van der Waals surface area contributed by atoms with E-state index in [-0.39, 0.29) is 39.6 Å². The minimum Gasteiger partial charge on any atom is -0.507 e. The van der Waals surface area contributed by atoms with Gasteiger partial charge in [-0.25, -0.2) is 4.98 Å². The maximum Gasteiger partial charge on any atom is 0.149 e. The Hall–Kier alpha value is -6.26. The molecule has 1 N–H and O–H groups in total. The van der Waals surface area contributed by atoms with Crippen LogP contribution < -0.4 is 0 Å². The molecule has 4 nitrogen and oxygen atoms in total. The number of imidazole rings is 1. The van der Waals surface area contributed by atoms with Crippen LogP contribution in [0, 0.1) is 6.85 Å². The molecule has 4 heteroatoms. The Bertz CT molecular complexity index is 3600. The molecule has 308 valence electrons. The number of phenolic OH excluding ortho intramolecular Hbond substituents is 1. The van der Waals surface area contributed by atoms with Gasteiger partial charge in [-0.3, -0.25) is 9.55 Å². The number of fused-ring (bicyclic) bond motifs is 1. The first-order chi connectivity index (χ1) is 36.2. The van der Waals surface area contributed by atoms with E-state index in [4.69, 9.17) is 29.7 Å². The van der Waals surface area contributed by atoms with Crippen molar-refractivity contribution in [2.24, 2.45) is 0 Å². The number of benzene rings is 6. The molecule has 0 saturated carbocycles. The summed E-state index contributed by atoms with van der Waals surface area (Å²) in [6, 6.07) is 27.2. The summed E-state index contributed by atoms with van der Waals surface area (Å²) in [7, 11) is 0. The smallest absolute Gasteiger partial charge is 0.149 e. The number of phenols is 1. The summed E-state index contributed by atoms with van der Waals surface area (Å²) in [4.78, 5) is 9.88. The molecule has 2 aromatic heterocycles. The van der Waals surface area contributed by atoms with Gasteiger partial charge in [0.15, 0.2) is 0 Å². The average Bonchev–Trinajstić information content (AvgIpc) is 2.64. The van der Waals surface area contributed by atoms with E-state index < -0.39 is 79.8 Å². The molecule has 6 aromatic carbocycles. The Morgan fingerprint density at radius 1 is 0.639 bits per heavy atom. The van der Waals surface area contributed by atoms with Gasteiger partial charge in [0.05, 0.1) is 33.5 Å². The molecule has 0 saturated heterocycles. The third-order valence-corrected chi connectivity index (χ3v) is 11.0. The van der Waals surface area contributed by atoms with Gasteiger partial charge >= 0.3 is 0 Å². The third kappa shape index (κ3) is 8.04. The molecular formula is C57H59N3O. The van der Waals surface area contributed by atoms with Gasteiger partial charge in [0.2, 0.25) is 0 Å². The highest BCUT2D eigenvalue weighted by atomic mass is 16.3. The highest BCUT2D eigenvalue weighted by Crippen LogP contribution is 2.42. The minimum absolute atomic E-state index is 0.0526. The van der Waals surface area contributed by atoms with Crippen molar-refractivity contribution >= 4 is 11.0 Å². The Kier molecular flexibility index (Phi) is 6.51. The van der Waals surface area contributed by atoms with Gasteiger partial charge in [0, 0.05) is 36.5 Å². The first kappa shape index (κ1) is 24.9. The maximum absolute atomic E-state index is 11.5. The fourth-order valence-corrected chi connectivity index (χ4v) is 7.75. The van der Waals surface area contributed by atoms with Gasteiger partial charge < -0.3 is 5.11 Å². The largest absolute Gasteiger partial charge is 0.507 e. The summed E-state index contributed by atoms with van der Waals surface area (Å²) in [5.74, 6) is -2.14. The number of para-hydroxylation sites is 2. The second-order valence-electron chi connectivity index (χ2n) is 16.9. The van der Waals surface area contributed by atoms with Crippen LogP contribution in [-0.2, 0) is 10.8 Å².